The monoisotopic (exact) mass is 309 g/mol. The van der Waals surface area contributed by atoms with E-state index < -0.39 is 0 Å². The first-order valence-electron chi connectivity index (χ1n) is 7.03. The average Bonchev–Trinajstić information content (AvgIpc) is 2.89. The summed E-state index contributed by atoms with van der Waals surface area (Å²) < 4.78 is 0. The Labute approximate surface area is 132 Å². The van der Waals surface area contributed by atoms with Crippen LogP contribution in [0.5, 0.6) is 0 Å². The number of rotatable bonds is 3. The molecule has 0 unspecified atom stereocenters. The summed E-state index contributed by atoms with van der Waals surface area (Å²) >= 11 is 0. The first-order valence-corrected chi connectivity index (χ1v) is 7.03. The summed E-state index contributed by atoms with van der Waals surface area (Å²) in [7, 11) is 0. The number of benzene rings is 1. The van der Waals surface area contributed by atoms with Crippen LogP contribution in [-0.4, -0.2) is 27.0 Å². The molecule has 0 saturated heterocycles. The summed E-state index contributed by atoms with van der Waals surface area (Å²) in [5.74, 6) is -0.0871. The van der Waals surface area contributed by atoms with Gasteiger partial charge in [0.05, 0.1) is 5.39 Å². The molecule has 2 amide bonds. The van der Waals surface area contributed by atoms with E-state index in [1.807, 2.05) is 19.1 Å². The third-order valence-corrected chi connectivity index (χ3v) is 3.24. The smallest absolute Gasteiger partial charge is 0.256 e. The number of pyridine rings is 1. The maximum Gasteiger partial charge on any atom is 0.256 e. The van der Waals surface area contributed by atoms with Crippen LogP contribution < -0.4 is 10.6 Å². The Bertz CT molecular complexity index is 900. The highest BCUT2D eigenvalue weighted by atomic mass is 16.2. The van der Waals surface area contributed by atoms with Crippen molar-refractivity contribution in [3.63, 3.8) is 0 Å². The number of nitrogens with one attached hydrogen (secondary N) is 3. The van der Waals surface area contributed by atoms with Crippen LogP contribution >= 0.6 is 0 Å². The van der Waals surface area contributed by atoms with Crippen molar-refractivity contribution < 1.29 is 9.59 Å². The number of amides is 2. The van der Waals surface area contributed by atoms with Crippen LogP contribution in [0.4, 0.5) is 11.5 Å². The molecule has 0 bridgehead atoms. The van der Waals surface area contributed by atoms with Gasteiger partial charge in [0, 0.05) is 23.9 Å². The van der Waals surface area contributed by atoms with Gasteiger partial charge in [-0.1, -0.05) is 6.07 Å². The van der Waals surface area contributed by atoms with E-state index in [1.165, 1.54) is 6.92 Å². The fourth-order valence-electron chi connectivity index (χ4n) is 2.22. The van der Waals surface area contributed by atoms with Gasteiger partial charge < -0.3 is 10.6 Å². The molecule has 7 heteroatoms. The second-order valence-electron chi connectivity index (χ2n) is 5.14. The lowest BCUT2D eigenvalue weighted by atomic mass is 10.2. The second-order valence-corrected chi connectivity index (χ2v) is 5.14. The lowest BCUT2D eigenvalue weighted by Gasteiger charge is -2.06. The quantitative estimate of drug-likeness (QED) is 0.692. The predicted octanol–water partition coefficient (Wildman–Crippen LogP) is 2.48. The van der Waals surface area contributed by atoms with Gasteiger partial charge in [0.15, 0.2) is 11.5 Å². The molecule has 3 aromatic rings. The molecule has 3 rings (SSSR count). The van der Waals surface area contributed by atoms with E-state index in [4.69, 9.17) is 0 Å². The zero-order valence-electron chi connectivity index (χ0n) is 12.7. The van der Waals surface area contributed by atoms with Gasteiger partial charge in [-0.15, -0.1) is 0 Å². The van der Waals surface area contributed by atoms with Crippen LogP contribution in [0.15, 0.2) is 36.4 Å². The molecule has 1 aromatic carbocycles. The number of carbonyl (C=O) groups excluding carboxylic acids is 2. The summed E-state index contributed by atoms with van der Waals surface area (Å²) in [6, 6.07) is 10.4. The van der Waals surface area contributed by atoms with Crippen LogP contribution in [0.25, 0.3) is 11.0 Å². The maximum atomic E-state index is 12.4. The first-order chi connectivity index (χ1) is 11.0. The number of hydrogen-bond donors (Lipinski definition) is 3. The van der Waals surface area contributed by atoms with E-state index in [1.54, 1.807) is 24.3 Å². The number of aromatic nitrogens is 3. The minimum absolute atomic E-state index is 0.192. The molecule has 0 aliphatic heterocycles. The van der Waals surface area contributed by atoms with Crippen molar-refractivity contribution in [2.24, 2.45) is 0 Å². The Balaban J connectivity index is 1.84. The normalized spacial score (nSPS) is 10.5. The van der Waals surface area contributed by atoms with Crippen LogP contribution in [-0.2, 0) is 4.79 Å². The van der Waals surface area contributed by atoms with Crippen molar-refractivity contribution >= 4 is 34.4 Å². The average molecular weight is 309 g/mol. The zero-order valence-corrected chi connectivity index (χ0v) is 12.7. The van der Waals surface area contributed by atoms with Gasteiger partial charge >= 0.3 is 0 Å². The standard InChI is InChI=1S/C16H15N5O2/c1-9-6-7-13-14(17-9)20-21-15(13)19-16(23)11-4-3-5-12(8-11)18-10(2)22/h3-8H,1-2H3,(H,18,22)(H2,17,19,20,21,23). The molecule has 0 aliphatic carbocycles. The SMILES string of the molecule is CC(=O)Nc1cccc(C(=O)Nc2n[nH]c3nc(C)ccc23)c1. The van der Waals surface area contributed by atoms with Crippen LogP contribution in [0, 0.1) is 6.92 Å². The second kappa shape index (κ2) is 5.88. The number of nitrogens with zero attached hydrogens (tertiary/aromatic N) is 2. The Kier molecular flexibility index (Phi) is 3.76. The molecule has 0 radical (unpaired) electrons. The maximum absolute atomic E-state index is 12.4. The lowest BCUT2D eigenvalue weighted by molar-refractivity contribution is -0.114. The van der Waals surface area contributed by atoms with Crippen molar-refractivity contribution in [2.75, 3.05) is 10.6 Å². The van der Waals surface area contributed by atoms with Crippen LogP contribution in [0.3, 0.4) is 0 Å². The molecule has 2 heterocycles. The van der Waals surface area contributed by atoms with E-state index in [9.17, 15) is 9.59 Å². The molecule has 23 heavy (non-hydrogen) atoms. The van der Waals surface area contributed by atoms with E-state index in [0.29, 0.717) is 22.7 Å². The topological polar surface area (TPSA) is 99.8 Å². The number of hydrogen-bond acceptors (Lipinski definition) is 4. The number of carbonyl (C=O) groups is 2. The van der Waals surface area contributed by atoms with Crippen LogP contribution in [0.2, 0.25) is 0 Å². The predicted molar refractivity (Wildman–Crippen MR) is 87.3 cm³/mol. The molecule has 7 nitrogen and oxygen atoms in total. The first kappa shape index (κ1) is 14.7. The van der Waals surface area contributed by atoms with Gasteiger partial charge in [0.2, 0.25) is 5.91 Å². The summed E-state index contributed by atoms with van der Waals surface area (Å²) in [5, 5.41) is 13.0. The molecule has 116 valence electrons. The highest BCUT2D eigenvalue weighted by Crippen LogP contribution is 2.20. The van der Waals surface area contributed by atoms with E-state index >= 15 is 0 Å². The summed E-state index contributed by atoms with van der Waals surface area (Å²) in [5.41, 5.74) is 2.47. The summed E-state index contributed by atoms with van der Waals surface area (Å²) in [6.45, 7) is 3.30. The highest BCUT2D eigenvalue weighted by Gasteiger charge is 2.12. The third-order valence-electron chi connectivity index (χ3n) is 3.24. The van der Waals surface area contributed by atoms with Gasteiger partial charge in [-0.3, -0.25) is 14.7 Å². The van der Waals surface area contributed by atoms with Crippen molar-refractivity contribution in [1.82, 2.24) is 15.2 Å². The Hall–Kier alpha value is -3.22. The van der Waals surface area contributed by atoms with E-state index in [2.05, 4.69) is 25.8 Å². The third kappa shape index (κ3) is 3.18. The van der Waals surface area contributed by atoms with Gasteiger partial charge in [-0.05, 0) is 37.3 Å². The molecule has 0 atom stereocenters. The van der Waals surface area contributed by atoms with E-state index in [0.717, 1.165) is 11.1 Å². The van der Waals surface area contributed by atoms with Crippen LogP contribution in [0.1, 0.15) is 23.0 Å². The lowest BCUT2D eigenvalue weighted by Crippen LogP contribution is -2.13. The minimum Gasteiger partial charge on any atom is -0.326 e. The summed E-state index contributed by atoms with van der Waals surface area (Å²) in [6.07, 6.45) is 0. The fraction of sp³-hybridized carbons (Fsp3) is 0.125. The number of aryl methyl sites for hydroxylation is 1. The number of fused-ring (bicyclic) bond motifs is 1. The Morgan fingerprint density at radius 2 is 1.96 bits per heavy atom. The van der Waals surface area contributed by atoms with Crippen molar-refractivity contribution in [3.8, 4) is 0 Å². The van der Waals surface area contributed by atoms with Crippen molar-refractivity contribution in [1.29, 1.82) is 0 Å². The molecule has 3 N–H and O–H groups in total. The Morgan fingerprint density at radius 1 is 1.13 bits per heavy atom. The highest BCUT2D eigenvalue weighted by molar-refractivity contribution is 6.08. The van der Waals surface area contributed by atoms with Gasteiger partial charge in [-0.25, -0.2) is 4.98 Å². The van der Waals surface area contributed by atoms with E-state index in [-0.39, 0.29) is 11.8 Å². The number of anilines is 2. The molecular weight excluding hydrogens is 294 g/mol. The van der Waals surface area contributed by atoms with Gasteiger partial charge in [-0.2, -0.15) is 5.10 Å². The largest absolute Gasteiger partial charge is 0.326 e. The molecule has 0 spiro atoms. The Morgan fingerprint density at radius 3 is 2.74 bits per heavy atom. The zero-order chi connectivity index (χ0) is 16.4. The number of H-pyrrole nitrogens is 1. The number of aromatic amines is 1. The molecule has 0 fully saturated rings. The van der Waals surface area contributed by atoms with Gasteiger partial charge in [0.25, 0.3) is 5.91 Å². The van der Waals surface area contributed by atoms with Crippen molar-refractivity contribution in [3.05, 3.63) is 47.7 Å². The molecule has 0 saturated carbocycles. The molecule has 2 aromatic heterocycles. The molecular formula is C16H15N5O2. The molecule has 0 aliphatic rings. The summed E-state index contributed by atoms with van der Waals surface area (Å²) in [4.78, 5) is 27.8. The fourth-order valence-corrected chi connectivity index (χ4v) is 2.22. The van der Waals surface area contributed by atoms with Gasteiger partial charge in [0.1, 0.15) is 0 Å². The van der Waals surface area contributed by atoms with Crippen molar-refractivity contribution in [2.45, 2.75) is 13.8 Å². The minimum atomic E-state index is -0.314.